The van der Waals surface area contributed by atoms with E-state index in [1.807, 2.05) is 0 Å². The van der Waals surface area contributed by atoms with Crippen LogP contribution in [0.1, 0.15) is 12.8 Å². The third kappa shape index (κ3) is 2.90. The summed E-state index contributed by atoms with van der Waals surface area (Å²) in [4.78, 5) is 24.8. The summed E-state index contributed by atoms with van der Waals surface area (Å²) >= 11 is 0. The smallest absolute Gasteiger partial charge is 0.287 e. The van der Waals surface area contributed by atoms with Crippen molar-refractivity contribution in [3.63, 3.8) is 0 Å². The summed E-state index contributed by atoms with van der Waals surface area (Å²) in [5.74, 6) is 0.630. The highest BCUT2D eigenvalue weighted by Gasteiger charge is 2.20. The predicted octanol–water partition coefficient (Wildman–Crippen LogP) is 0.680. The molecule has 7 heteroatoms. The van der Waals surface area contributed by atoms with Gasteiger partial charge in [0.2, 0.25) is 5.91 Å². The van der Waals surface area contributed by atoms with Crippen molar-refractivity contribution in [2.24, 2.45) is 0 Å². The number of aromatic nitrogens is 1. The molecule has 90 valence electrons. The summed E-state index contributed by atoms with van der Waals surface area (Å²) in [5.41, 5.74) is -0.0373. The number of nitro groups is 1. The van der Waals surface area contributed by atoms with Crippen LogP contribution in [0.25, 0.3) is 0 Å². The van der Waals surface area contributed by atoms with E-state index in [4.69, 9.17) is 0 Å². The van der Waals surface area contributed by atoms with Gasteiger partial charge in [-0.05, 0) is 12.5 Å². The Hall–Kier alpha value is -2.18. The molecule has 17 heavy (non-hydrogen) atoms. The molecule has 1 aromatic heterocycles. The summed E-state index contributed by atoms with van der Waals surface area (Å²) < 4.78 is 0. The van der Waals surface area contributed by atoms with E-state index in [1.54, 1.807) is 6.07 Å². The Balaban J connectivity index is 1.87. The van der Waals surface area contributed by atoms with Crippen LogP contribution in [0.2, 0.25) is 0 Å². The minimum Gasteiger partial charge on any atom is -0.368 e. The molecule has 1 fully saturated rings. The van der Waals surface area contributed by atoms with E-state index in [9.17, 15) is 14.9 Å². The number of carbonyl (C=O) groups is 1. The Morgan fingerprint density at radius 1 is 1.59 bits per heavy atom. The number of nitrogens with zero attached hydrogens (tertiary/aromatic N) is 2. The summed E-state index contributed by atoms with van der Waals surface area (Å²) in [6, 6.07) is 3.05. The van der Waals surface area contributed by atoms with E-state index in [0.717, 1.165) is 6.42 Å². The average molecular weight is 236 g/mol. The fourth-order valence-corrected chi connectivity index (χ4v) is 1.66. The lowest BCUT2D eigenvalue weighted by Gasteiger charge is -2.11. The SMILES string of the molecule is O=C1CC[C@H](CNc2ccc([N+](=O)[O-])cn2)N1. The van der Waals surface area contributed by atoms with Gasteiger partial charge in [0.1, 0.15) is 12.0 Å². The van der Waals surface area contributed by atoms with Crippen LogP contribution in [0, 0.1) is 10.1 Å². The number of pyridine rings is 1. The standard InChI is InChI=1S/C10H12N4O3/c15-10-4-1-7(13-10)5-11-9-3-2-8(6-12-9)14(16)17/h2-3,6-7H,1,4-5H2,(H,11,12)(H,13,15)/t7-/m1/s1. The van der Waals surface area contributed by atoms with Gasteiger partial charge in [0, 0.05) is 25.1 Å². The van der Waals surface area contributed by atoms with Gasteiger partial charge >= 0.3 is 0 Å². The summed E-state index contributed by atoms with van der Waals surface area (Å²) in [7, 11) is 0. The van der Waals surface area contributed by atoms with Crippen molar-refractivity contribution in [2.45, 2.75) is 18.9 Å². The Morgan fingerprint density at radius 2 is 2.41 bits per heavy atom. The second kappa shape index (κ2) is 4.77. The molecule has 0 bridgehead atoms. The fraction of sp³-hybridized carbons (Fsp3) is 0.400. The van der Waals surface area contributed by atoms with Gasteiger partial charge in [0.15, 0.2) is 0 Å². The maximum absolute atomic E-state index is 11.0. The van der Waals surface area contributed by atoms with Crippen molar-refractivity contribution in [2.75, 3.05) is 11.9 Å². The fourth-order valence-electron chi connectivity index (χ4n) is 1.66. The lowest BCUT2D eigenvalue weighted by atomic mass is 10.2. The largest absolute Gasteiger partial charge is 0.368 e. The van der Waals surface area contributed by atoms with Gasteiger partial charge < -0.3 is 10.6 Å². The predicted molar refractivity (Wildman–Crippen MR) is 60.5 cm³/mol. The molecule has 1 amide bonds. The quantitative estimate of drug-likeness (QED) is 0.591. The van der Waals surface area contributed by atoms with Crippen LogP contribution < -0.4 is 10.6 Å². The Labute approximate surface area is 97.4 Å². The number of hydrogen-bond acceptors (Lipinski definition) is 5. The number of nitrogens with one attached hydrogen (secondary N) is 2. The zero-order chi connectivity index (χ0) is 12.3. The first-order valence-electron chi connectivity index (χ1n) is 5.29. The number of anilines is 1. The van der Waals surface area contributed by atoms with Crippen LogP contribution in [-0.4, -0.2) is 28.4 Å². The summed E-state index contributed by atoms with van der Waals surface area (Å²) in [6.07, 6.45) is 2.56. The molecule has 2 heterocycles. The van der Waals surface area contributed by atoms with E-state index >= 15 is 0 Å². The topological polar surface area (TPSA) is 97.2 Å². The maximum Gasteiger partial charge on any atom is 0.287 e. The van der Waals surface area contributed by atoms with Crippen molar-refractivity contribution in [1.29, 1.82) is 0 Å². The van der Waals surface area contributed by atoms with Crippen LogP contribution in [0.15, 0.2) is 18.3 Å². The highest BCUT2D eigenvalue weighted by atomic mass is 16.6. The third-order valence-corrected chi connectivity index (χ3v) is 2.57. The summed E-state index contributed by atoms with van der Waals surface area (Å²) in [6.45, 7) is 0.580. The van der Waals surface area contributed by atoms with Crippen molar-refractivity contribution in [3.8, 4) is 0 Å². The van der Waals surface area contributed by atoms with E-state index in [1.165, 1.54) is 12.3 Å². The highest BCUT2D eigenvalue weighted by molar-refractivity contribution is 5.78. The zero-order valence-electron chi connectivity index (χ0n) is 9.05. The molecule has 1 atom stereocenters. The monoisotopic (exact) mass is 236 g/mol. The van der Waals surface area contributed by atoms with Crippen molar-refractivity contribution < 1.29 is 9.72 Å². The van der Waals surface area contributed by atoms with E-state index in [2.05, 4.69) is 15.6 Å². The van der Waals surface area contributed by atoms with Gasteiger partial charge in [-0.25, -0.2) is 4.98 Å². The van der Waals surface area contributed by atoms with Crippen LogP contribution >= 0.6 is 0 Å². The van der Waals surface area contributed by atoms with Crippen molar-refractivity contribution in [1.82, 2.24) is 10.3 Å². The minimum atomic E-state index is -0.492. The molecule has 2 N–H and O–H groups in total. The molecule has 1 aliphatic heterocycles. The number of amides is 1. The van der Waals surface area contributed by atoms with Crippen LogP contribution in [0.5, 0.6) is 0 Å². The number of carbonyl (C=O) groups excluding carboxylic acids is 1. The van der Waals surface area contributed by atoms with Crippen LogP contribution in [0.4, 0.5) is 11.5 Å². The van der Waals surface area contributed by atoms with Crippen LogP contribution in [0.3, 0.4) is 0 Å². The average Bonchev–Trinajstić information content (AvgIpc) is 2.73. The van der Waals surface area contributed by atoms with Crippen molar-refractivity contribution in [3.05, 3.63) is 28.4 Å². The van der Waals surface area contributed by atoms with Gasteiger partial charge in [-0.15, -0.1) is 0 Å². The molecule has 0 aromatic carbocycles. The molecule has 7 nitrogen and oxygen atoms in total. The molecular formula is C10H12N4O3. The number of rotatable bonds is 4. The highest BCUT2D eigenvalue weighted by Crippen LogP contribution is 2.12. The first-order chi connectivity index (χ1) is 8.15. The molecule has 0 spiro atoms. The molecule has 1 saturated heterocycles. The van der Waals surface area contributed by atoms with Crippen molar-refractivity contribution >= 4 is 17.4 Å². The maximum atomic E-state index is 11.0. The van der Waals surface area contributed by atoms with E-state index in [-0.39, 0.29) is 17.6 Å². The van der Waals surface area contributed by atoms with Gasteiger partial charge in [-0.2, -0.15) is 0 Å². The number of hydrogen-bond donors (Lipinski definition) is 2. The minimum absolute atomic E-state index is 0.0373. The lowest BCUT2D eigenvalue weighted by molar-refractivity contribution is -0.385. The molecule has 1 aliphatic rings. The van der Waals surface area contributed by atoms with Gasteiger partial charge in [0.25, 0.3) is 5.69 Å². The normalized spacial score (nSPS) is 18.8. The molecule has 2 rings (SSSR count). The molecule has 0 unspecified atom stereocenters. The van der Waals surface area contributed by atoms with Gasteiger partial charge in [-0.3, -0.25) is 14.9 Å². The first-order valence-corrected chi connectivity index (χ1v) is 5.29. The first kappa shape index (κ1) is 11.3. The third-order valence-electron chi connectivity index (χ3n) is 2.57. The zero-order valence-corrected chi connectivity index (χ0v) is 9.05. The lowest BCUT2D eigenvalue weighted by Crippen LogP contribution is -2.31. The second-order valence-electron chi connectivity index (χ2n) is 3.84. The van der Waals surface area contributed by atoms with E-state index < -0.39 is 4.92 Å². The molecule has 0 saturated carbocycles. The Morgan fingerprint density at radius 3 is 2.94 bits per heavy atom. The van der Waals surface area contributed by atoms with E-state index in [0.29, 0.717) is 18.8 Å². The van der Waals surface area contributed by atoms with Gasteiger partial charge in [-0.1, -0.05) is 0 Å². The van der Waals surface area contributed by atoms with Crippen LogP contribution in [-0.2, 0) is 4.79 Å². The molecular weight excluding hydrogens is 224 g/mol. The molecule has 0 radical (unpaired) electrons. The van der Waals surface area contributed by atoms with Gasteiger partial charge in [0.05, 0.1) is 4.92 Å². The summed E-state index contributed by atoms with van der Waals surface area (Å²) in [5, 5.41) is 16.3. The molecule has 1 aromatic rings. The second-order valence-corrected chi connectivity index (χ2v) is 3.84. The Bertz CT molecular complexity index is 432. The molecule has 0 aliphatic carbocycles. The Kier molecular flexibility index (Phi) is 3.17.